The highest BCUT2D eigenvalue weighted by Crippen LogP contribution is 1.70. The Morgan fingerprint density at radius 1 is 1.67 bits per heavy atom. The molecule has 0 radical (unpaired) electrons. The second-order valence-corrected chi connectivity index (χ2v) is 2.31. The molecular weight excluding hydrogens is 136 g/mol. The number of ketones is 1. The molecule has 0 rings (SSSR count). The number of hydrogen-bond acceptors (Lipinski definition) is 4. The Balaban J connectivity index is 0. The van der Waals surface area contributed by atoms with Gasteiger partial charge in [-0.05, 0) is 19.4 Å². The van der Waals surface area contributed by atoms with E-state index >= 15 is 0 Å². The van der Waals surface area contributed by atoms with E-state index in [1.165, 1.54) is 6.92 Å². The van der Waals surface area contributed by atoms with Crippen molar-refractivity contribution in [2.45, 2.75) is 6.92 Å². The van der Waals surface area contributed by atoms with E-state index in [1.807, 2.05) is 12.5 Å². The number of hydrazine groups is 1. The molecule has 3 N–H and O–H groups in total. The molecule has 0 aromatic carbocycles. The topological polar surface area (TPSA) is 55.1 Å². The van der Waals surface area contributed by atoms with Crippen LogP contribution in [0.25, 0.3) is 0 Å². The monoisotopic (exact) mass is 150 g/mol. The van der Waals surface area contributed by atoms with Gasteiger partial charge in [0, 0.05) is 0 Å². The van der Waals surface area contributed by atoms with Crippen molar-refractivity contribution in [1.29, 1.82) is 0 Å². The van der Waals surface area contributed by atoms with Gasteiger partial charge in [-0.25, -0.2) is 0 Å². The van der Waals surface area contributed by atoms with E-state index < -0.39 is 0 Å². The highest BCUT2D eigenvalue weighted by Gasteiger charge is 1.82. The highest BCUT2D eigenvalue weighted by atomic mass is 32.2. The Bertz CT molecular complexity index is 68.0. The summed E-state index contributed by atoms with van der Waals surface area (Å²) in [5.41, 5.74) is 2.22. The molecule has 0 saturated heterocycles. The van der Waals surface area contributed by atoms with Crippen LogP contribution in [0, 0.1) is 0 Å². The number of rotatable bonds is 2. The van der Waals surface area contributed by atoms with E-state index in [9.17, 15) is 4.79 Å². The lowest BCUT2D eigenvalue weighted by Crippen LogP contribution is -2.27. The number of nitrogens with one attached hydrogen (secondary N) is 1. The summed E-state index contributed by atoms with van der Waals surface area (Å²) in [7, 11) is 0. The molecule has 56 valence electrons. The van der Waals surface area contributed by atoms with Gasteiger partial charge in [0.2, 0.25) is 0 Å². The molecule has 0 fully saturated rings. The molecule has 0 heterocycles. The zero-order chi connectivity index (χ0) is 7.70. The van der Waals surface area contributed by atoms with Crippen LogP contribution < -0.4 is 11.3 Å². The lowest BCUT2D eigenvalue weighted by Gasteiger charge is -1.85. The summed E-state index contributed by atoms with van der Waals surface area (Å²) in [4.78, 5) is 9.90. The molecule has 4 heteroatoms. The van der Waals surface area contributed by atoms with Gasteiger partial charge in [-0.1, -0.05) is 0 Å². The molecule has 0 aromatic heterocycles. The normalized spacial score (nSPS) is 7.56. The van der Waals surface area contributed by atoms with Crippen molar-refractivity contribution in [2.75, 3.05) is 19.1 Å². The van der Waals surface area contributed by atoms with Crippen LogP contribution in [-0.4, -0.2) is 24.8 Å². The predicted octanol–water partition coefficient (Wildman–Crippen LogP) is 0.0179. The van der Waals surface area contributed by atoms with Gasteiger partial charge in [0.25, 0.3) is 0 Å². The van der Waals surface area contributed by atoms with Gasteiger partial charge < -0.3 is 0 Å². The highest BCUT2D eigenvalue weighted by molar-refractivity contribution is 7.97. The van der Waals surface area contributed by atoms with Crippen LogP contribution in [-0.2, 0) is 4.79 Å². The Morgan fingerprint density at radius 2 is 2.00 bits per heavy atom. The molecule has 0 aliphatic rings. The Labute approximate surface area is 60.3 Å². The van der Waals surface area contributed by atoms with E-state index in [1.54, 1.807) is 11.8 Å². The molecule has 0 amide bonds. The van der Waals surface area contributed by atoms with Crippen LogP contribution in [0.4, 0.5) is 0 Å². The number of thioether (sulfide) groups is 1. The Morgan fingerprint density at radius 3 is 2.00 bits per heavy atom. The second-order valence-electron chi connectivity index (χ2n) is 1.49. The third-order valence-corrected chi connectivity index (χ3v) is 0.351. The summed E-state index contributed by atoms with van der Waals surface area (Å²) < 4.78 is 0. The number of nitrogens with two attached hydrogens (primary N) is 1. The lowest BCUT2D eigenvalue weighted by atomic mass is 10.5. The van der Waals surface area contributed by atoms with Crippen LogP contribution in [0.2, 0.25) is 0 Å². The maximum absolute atomic E-state index is 9.90. The van der Waals surface area contributed by atoms with Crippen molar-refractivity contribution in [2.24, 2.45) is 5.84 Å². The van der Waals surface area contributed by atoms with Crippen molar-refractivity contribution in [3.8, 4) is 0 Å². The standard InChI is InChI=1S/C3H8N2O.C2H6S/c1-3(6)2-5-4;1-3-2/h5H,2,4H2,1H3;1-2H3. The summed E-state index contributed by atoms with van der Waals surface area (Å²) in [5.74, 6) is 4.81. The third-order valence-electron chi connectivity index (χ3n) is 0.351. The number of carbonyl (C=O) groups is 1. The fourth-order valence-corrected chi connectivity index (χ4v) is 0.144. The summed E-state index contributed by atoms with van der Waals surface area (Å²) in [6.45, 7) is 1.74. The molecular formula is C5H14N2OS. The van der Waals surface area contributed by atoms with Gasteiger partial charge in [0.05, 0.1) is 6.54 Å². The van der Waals surface area contributed by atoms with Crippen molar-refractivity contribution in [3.63, 3.8) is 0 Å². The molecule has 0 aliphatic heterocycles. The number of hydrogen-bond donors (Lipinski definition) is 2. The zero-order valence-corrected chi connectivity index (χ0v) is 6.92. The summed E-state index contributed by atoms with van der Waals surface area (Å²) in [5, 5.41) is 0. The van der Waals surface area contributed by atoms with Crippen LogP contribution >= 0.6 is 11.8 Å². The molecule has 0 unspecified atom stereocenters. The first-order valence-electron chi connectivity index (χ1n) is 2.52. The smallest absolute Gasteiger partial charge is 0.144 e. The number of carbonyl (C=O) groups excluding carboxylic acids is 1. The molecule has 0 saturated carbocycles. The van der Waals surface area contributed by atoms with Crippen molar-refractivity contribution < 1.29 is 4.79 Å². The van der Waals surface area contributed by atoms with Crippen molar-refractivity contribution in [3.05, 3.63) is 0 Å². The SMILES string of the molecule is CC(=O)CNN.CSC. The fraction of sp³-hybridized carbons (Fsp3) is 0.800. The first-order chi connectivity index (χ1) is 4.18. The maximum atomic E-state index is 9.90. The van der Waals surface area contributed by atoms with Gasteiger partial charge in [-0.15, -0.1) is 0 Å². The molecule has 0 aliphatic carbocycles. The van der Waals surface area contributed by atoms with Gasteiger partial charge in [0.1, 0.15) is 5.78 Å². The first-order valence-corrected chi connectivity index (χ1v) is 4.15. The first kappa shape index (κ1) is 11.7. The predicted molar refractivity (Wildman–Crippen MR) is 42.3 cm³/mol. The van der Waals surface area contributed by atoms with E-state index in [-0.39, 0.29) is 12.3 Å². The van der Waals surface area contributed by atoms with Gasteiger partial charge >= 0.3 is 0 Å². The van der Waals surface area contributed by atoms with Crippen LogP contribution in [0.5, 0.6) is 0 Å². The third kappa shape index (κ3) is 32.4. The van der Waals surface area contributed by atoms with Crippen molar-refractivity contribution in [1.82, 2.24) is 5.43 Å². The van der Waals surface area contributed by atoms with Crippen molar-refractivity contribution >= 4 is 17.5 Å². The zero-order valence-electron chi connectivity index (χ0n) is 6.10. The molecule has 9 heavy (non-hydrogen) atoms. The minimum Gasteiger partial charge on any atom is -0.299 e. The van der Waals surface area contributed by atoms with E-state index in [0.717, 1.165) is 0 Å². The van der Waals surface area contributed by atoms with Crippen LogP contribution in [0.15, 0.2) is 0 Å². The summed E-state index contributed by atoms with van der Waals surface area (Å²) in [6, 6.07) is 0. The average Bonchev–Trinajstić information content (AvgIpc) is 1.67. The van der Waals surface area contributed by atoms with E-state index in [4.69, 9.17) is 5.84 Å². The van der Waals surface area contributed by atoms with Crippen LogP contribution in [0.3, 0.4) is 0 Å². The van der Waals surface area contributed by atoms with Gasteiger partial charge in [0.15, 0.2) is 0 Å². The van der Waals surface area contributed by atoms with E-state index in [0.29, 0.717) is 0 Å². The van der Waals surface area contributed by atoms with Gasteiger partial charge in [-0.3, -0.25) is 16.1 Å². The van der Waals surface area contributed by atoms with Gasteiger partial charge in [-0.2, -0.15) is 11.8 Å². The fourth-order valence-electron chi connectivity index (χ4n) is 0.144. The second kappa shape index (κ2) is 10.8. The Kier molecular flexibility index (Phi) is 14.1. The molecule has 0 spiro atoms. The Hall–Kier alpha value is -0.0600. The van der Waals surface area contributed by atoms with Crippen LogP contribution in [0.1, 0.15) is 6.92 Å². The average molecular weight is 150 g/mol. The minimum absolute atomic E-state index is 0.0532. The molecule has 0 aromatic rings. The lowest BCUT2D eigenvalue weighted by molar-refractivity contribution is -0.116. The largest absolute Gasteiger partial charge is 0.299 e. The number of Topliss-reactive ketones (excluding diaryl/α,β-unsaturated/α-hetero) is 1. The summed E-state index contributed by atoms with van der Waals surface area (Å²) >= 11 is 1.75. The summed E-state index contributed by atoms with van der Waals surface area (Å²) in [6.07, 6.45) is 4.08. The molecule has 3 nitrogen and oxygen atoms in total. The minimum atomic E-state index is 0.0532. The van der Waals surface area contributed by atoms with E-state index in [2.05, 4.69) is 5.43 Å². The molecule has 0 bridgehead atoms. The molecule has 0 atom stereocenters. The maximum Gasteiger partial charge on any atom is 0.144 e. The quantitative estimate of drug-likeness (QED) is 0.430.